The molecular formula is C26H31NO5. The predicted octanol–water partition coefficient (Wildman–Crippen LogP) is 4.55. The second-order valence-electron chi connectivity index (χ2n) is 9.76. The molecule has 1 saturated heterocycles. The lowest BCUT2D eigenvalue weighted by Crippen LogP contribution is -2.54. The zero-order valence-corrected chi connectivity index (χ0v) is 19.1. The lowest BCUT2D eigenvalue weighted by molar-refractivity contribution is -0.143. The first-order valence-electron chi connectivity index (χ1n) is 11.7. The molecule has 1 aromatic carbocycles. The lowest BCUT2D eigenvalue weighted by atomic mass is 9.71. The van der Waals surface area contributed by atoms with Gasteiger partial charge in [-0.2, -0.15) is 0 Å². The first kappa shape index (κ1) is 21.3. The summed E-state index contributed by atoms with van der Waals surface area (Å²) in [5, 5.41) is 12.8. The summed E-state index contributed by atoms with van der Waals surface area (Å²) in [5.41, 5.74) is 2.75. The number of fused-ring (bicyclic) bond motifs is 3. The summed E-state index contributed by atoms with van der Waals surface area (Å²) in [7, 11) is 0. The predicted molar refractivity (Wildman–Crippen MR) is 123 cm³/mol. The third kappa shape index (κ3) is 3.45. The Morgan fingerprint density at radius 3 is 2.66 bits per heavy atom. The summed E-state index contributed by atoms with van der Waals surface area (Å²) in [5.74, 6) is 1.08. The molecule has 2 aromatic heterocycles. The summed E-state index contributed by atoms with van der Waals surface area (Å²) in [4.78, 5) is 27.6. The van der Waals surface area contributed by atoms with Gasteiger partial charge in [-0.3, -0.25) is 4.79 Å². The summed E-state index contributed by atoms with van der Waals surface area (Å²) in [6.45, 7) is 7.09. The molecule has 0 radical (unpaired) electrons. The Morgan fingerprint density at radius 1 is 1.09 bits per heavy atom. The van der Waals surface area contributed by atoms with Gasteiger partial charge in [-0.1, -0.05) is 12.8 Å². The van der Waals surface area contributed by atoms with Gasteiger partial charge in [0.05, 0.1) is 5.60 Å². The van der Waals surface area contributed by atoms with Crippen molar-refractivity contribution < 1.29 is 18.7 Å². The van der Waals surface area contributed by atoms with Crippen molar-refractivity contribution in [1.29, 1.82) is 0 Å². The van der Waals surface area contributed by atoms with Crippen LogP contribution in [-0.4, -0.2) is 34.6 Å². The van der Waals surface area contributed by atoms with Crippen molar-refractivity contribution in [1.82, 2.24) is 4.90 Å². The number of amides is 1. The fraction of sp³-hybridized carbons (Fsp3) is 0.538. The van der Waals surface area contributed by atoms with Crippen LogP contribution in [0.2, 0.25) is 0 Å². The summed E-state index contributed by atoms with van der Waals surface area (Å²) < 4.78 is 11.4. The molecule has 32 heavy (non-hydrogen) atoms. The molecule has 1 aliphatic carbocycles. The van der Waals surface area contributed by atoms with Crippen LogP contribution in [0.3, 0.4) is 0 Å². The van der Waals surface area contributed by atoms with Crippen molar-refractivity contribution >= 4 is 27.8 Å². The van der Waals surface area contributed by atoms with Gasteiger partial charge in [-0.25, -0.2) is 4.79 Å². The first-order chi connectivity index (χ1) is 15.3. The van der Waals surface area contributed by atoms with Crippen molar-refractivity contribution in [3.8, 4) is 0 Å². The number of likely N-dealkylation sites (tertiary alicyclic amines) is 1. The molecule has 1 amide bonds. The summed E-state index contributed by atoms with van der Waals surface area (Å²) in [6, 6.07) is 3.81. The topological polar surface area (TPSA) is 83.9 Å². The molecule has 0 spiro atoms. The Labute approximate surface area is 187 Å². The van der Waals surface area contributed by atoms with E-state index in [4.69, 9.17) is 8.83 Å². The molecule has 0 unspecified atom stereocenters. The molecule has 0 bridgehead atoms. The Morgan fingerprint density at radius 2 is 1.84 bits per heavy atom. The van der Waals surface area contributed by atoms with Crippen molar-refractivity contribution in [3.05, 3.63) is 45.0 Å². The van der Waals surface area contributed by atoms with Gasteiger partial charge in [0, 0.05) is 47.8 Å². The van der Waals surface area contributed by atoms with Crippen LogP contribution in [0.15, 0.2) is 25.8 Å². The Kier molecular flexibility index (Phi) is 5.16. The third-order valence-corrected chi connectivity index (χ3v) is 7.95. The third-order valence-electron chi connectivity index (χ3n) is 7.95. The maximum absolute atomic E-state index is 13.0. The fourth-order valence-corrected chi connectivity index (χ4v) is 5.70. The number of benzene rings is 1. The normalized spacial score (nSPS) is 23.6. The van der Waals surface area contributed by atoms with Crippen molar-refractivity contribution in [2.75, 3.05) is 13.1 Å². The average Bonchev–Trinajstić information content (AvgIpc) is 3.04. The Balaban J connectivity index is 1.37. The highest BCUT2D eigenvalue weighted by atomic mass is 16.4. The van der Waals surface area contributed by atoms with Crippen LogP contribution in [0.25, 0.3) is 21.9 Å². The van der Waals surface area contributed by atoms with Crippen LogP contribution in [-0.2, 0) is 11.2 Å². The Bertz CT molecular complexity index is 1270. The van der Waals surface area contributed by atoms with Crippen molar-refractivity contribution in [2.24, 2.45) is 5.92 Å². The second-order valence-corrected chi connectivity index (χ2v) is 9.76. The van der Waals surface area contributed by atoms with E-state index in [2.05, 4.69) is 0 Å². The van der Waals surface area contributed by atoms with E-state index in [1.165, 1.54) is 0 Å². The van der Waals surface area contributed by atoms with E-state index in [1.54, 1.807) is 6.07 Å². The molecule has 3 heterocycles. The molecule has 3 aromatic rings. The van der Waals surface area contributed by atoms with Crippen molar-refractivity contribution in [2.45, 2.75) is 71.3 Å². The van der Waals surface area contributed by atoms with Crippen molar-refractivity contribution in [3.63, 3.8) is 0 Å². The maximum atomic E-state index is 13.0. The van der Waals surface area contributed by atoms with Crippen LogP contribution in [0, 0.1) is 26.7 Å². The number of rotatable bonds is 3. The van der Waals surface area contributed by atoms with Gasteiger partial charge in [-0.15, -0.1) is 0 Å². The number of furan rings is 1. The SMILES string of the molecule is Cc1oc2cc3oc(=O)c(CCC(=O)N4CC[C@@]5(O)CCCC[C@H]5C4)c(C)c3cc2c1C. The van der Waals surface area contributed by atoms with E-state index in [9.17, 15) is 14.7 Å². The molecule has 2 fully saturated rings. The number of carbonyl (C=O) groups is 1. The largest absolute Gasteiger partial charge is 0.461 e. The molecule has 5 rings (SSSR count). The summed E-state index contributed by atoms with van der Waals surface area (Å²) in [6.07, 6.45) is 5.30. The monoisotopic (exact) mass is 437 g/mol. The van der Waals surface area contributed by atoms with Gasteiger partial charge in [0.25, 0.3) is 0 Å². The Hall–Kier alpha value is -2.60. The fourth-order valence-electron chi connectivity index (χ4n) is 5.70. The van der Waals surface area contributed by atoms with Gasteiger partial charge in [0.2, 0.25) is 5.91 Å². The highest BCUT2D eigenvalue weighted by Gasteiger charge is 2.43. The minimum absolute atomic E-state index is 0.0493. The van der Waals surface area contributed by atoms with Gasteiger partial charge >= 0.3 is 5.63 Å². The van der Waals surface area contributed by atoms with Crippen LogP contribution in [0.4, 0.5) is 0 Å². The number of nitrogens with zero attached hydrogens (tertiary/aromatic N) is 1. The van der Waals surface area contributed by atoms with Gasteiger partial charge in [0.15, 0.2) is 0 Å². The van der Waals surface area contributed by atoms with E-state index in [1.807, 2.05) is 31.7 Å². The molecular weight excluding hydrogens is 406 g/mol. The number of piperidine rings is 1. The molecule has 6 nitrogen and oxygen atoms in total. The van der Waals surface area contributed by atoms with E-state index in [0.29, 0.717) is 42.7 Å². The number of carbonyl (C=O) groups excluding carboxylic acids is 1. The van der Waals surface area contributed by atoms with Crippen LogP contribution < -0.4 is 5.63 Å². The summed E-state index contributed by atoms with van der Waals surface area (Å²) >= 11 is 0. The molecule has 1 N–H and O–H groups in total. The van der Waals surface area contributed by atoms with Crippen LogP contribution >= 0.6 is 0 Å². The quantitative estimate of drug-likeness (QED) is 0.608. The highest BCUT2D eigenvalue weighted by Crippen LogP contribution is 2.40. The van der Waals surface area contributed by atoms with Gasteiger partial charge in [0.1, 0.15) is 16.9 Å². The smallest absolute Gasteiger partial charge is 0.339 e. The maximum Gasteiger partial charge on any atom is 0.339 e. The molecule has 6 heteroatoms. The first-order valence-corrected chi connectivity index (χ1v) is 11.7. The minimum Gasteiger partial charge on any atom is -0.461 e. The van der Waals surface area contributed by atoms with E-state index >= 15 is 0 Å². The van der Waals surface area contributed by atoms with Gasteiger partial charge in [-0.05, 0) is 63.6 Å². The number of aliphatic hydroxyl groups is 1. The van der Waals surface area contributed by atoms with E-state index in [0.717, 1.165) is 53.3 Å². The van der Waals surface area contributed by atoms with Crippen LogP contribution in [0.1, 0.15) is 61.0 Å². The molecule has 1 aliphatic heterocycles. The zero-order valence-electron chi connectivity index (χ0n) is 19.1. The van der Waals surface area contributed by atoms with Gasteiger partial charge < -0.3 is 18.8 Å². The van der Waals surface area contributed by atoms with Crippen LogP contribution in [0.5, 0.6) is 0 Å². The average molecular weight is 438 g/mol. The molecule has 170 valence electrons. The highest BCUT2D eigenvalue weighted by molar-refractivity contribution is 5.96. The van der Waals surface area contributed by atoms with E-state index < -0.39 is 5.60 Å². The standard InChI is InChI=1S/C26H31NO5/c1-15-17(3)31-22-13-23-21(12-20(15)22)16(2)19(25(29)32-23)7-8-24(28)27-11-10-26(30)9-5-4-6-18(26)14-27/h12-13,18,30H,4-11,14H2,1-3H3/t18-,26-/m0/s1. The minimum atomic E-state index is -0.597. The molecule has 1 saturated carbocycles. The lowest BCUT2D eigenvalue weighted by Gasteiger charge is -2.47. The zero-order chi connectivity index (χ0) is 22.6. The number of hydrogen-bond acceptors (Lipinski definition) is 5. The molecule has 2 aliphatic rings. The van der Waals surface area contributed by atoms with E-state index in [-0.39, 0.29) is 23.9 Å². The number of aryl methyl sites for hydroxylation is 3. The number of hydrogen-bond donors (Lipinski definition) is 1. The second kappa shape index (κ2) is 7.77. The molecule has 2 atom stereocenters.